The van der Waals surface area contributed by atoms with Crippen molar-refractivity contribution in [2.45, 2.75) is 12.8 Å². The molecule has 0 atom stereocenters. The fourth-order valence-electron chi connectivity index (χ4n) is 3.90. The molecule has 0 unspecified atom stereocenters. The van der Waals surface area contributed by atoms with Gasteiger partial charge in [0, 0.05) is 31.7 Å². The number of rotatable bonds is 7. The first-order valence-electron chi connectivity index (χ1n) is 11.2. The maximum atomic E-state index is 11.2. The number of benzene rings is 1. The predicted molar refractivity (Wildman–Crippen MR) is 127 cm³/mol. The van der Waals surface area contributed by atoms with E-state index in [0.717, 1.165) is 39.0 Å². The van der Waals surface area contributed by atoms with E-state index < -0.39 is 5.97 Å². The third-order valence-corrected chi connectivity index (χ3v) is 5.67. The van der Waals surface area contributed by atoms with Crippen LogP contribution in [0.15, 0.2) is 45.9 Å². The molecule has 0 saturated carbocycles. The first kappa shape index (κ1) is 21.8. The Morgan fingerprint density at radius 1 is 1.00 bits per heavy atom. The minimum atomic E-state index is -0.985. The fourth-order valence-corrected chi connectivity index (χ4v) is 3.90. The Labute approximate surface area is 196 Å². The number of furan rings is 1. The first-order chi connectivity index (χ1) is 16.7. The molecule has 11 nitrogen and oxygen atoms in total. The number of ether oxygens (including phenoxy) is 1. The minimum absolute atomic E-state index is 0.200. The summed E-state index contributed by atoms with van der Waals surface area (Å²) < 4.78 is 11.2. The second-order valence-electron chi connectivity index (χ2n) is 8.01. The van der Waals surface area contributed by atoms with Gasteiger partial charge in [-0.05, 0) is 37.1 Å². The molecule has 0 amide bonds. The summed E-state index contributed by atoms with van der Waals surface area (Å²) in [6, 6.07) is 10.1. The molecule has 2 aliphatic heterocycles. The van der Waals surface area contributed by atoms with Gasteiger partial charge in [0.2, 0.25) is 17.8 Å². The van der Waals surface area contributed by atoms with E-state index in [0.29, 0.717) is 48.1 Å². The number of aromatic carboxylic acids is 1. The minimum Gasteiger partial charge on any atom is -0.478 e. The van der Waals surface area contributed by atoms with E-state index in [1.165, 1.54) is 12.3 Å². The van der Waals surface area contributed by atoms with E-state index in [9.17, 15) is 9.90 Å². The lowest BCUT2D eigenvalue weighted by Crippen LogP contribution is -2.38. The number of anilines is 3. The average molecular weight is 463 g/mol. The van der Waals surface area contributed by atoms with Crippen LogP contribution in [0.5, 0.6) is 0 Å². The molecular weight excluding hydrogens is 438 g/mol. The molecule has 3 aromatic rings. The van der Waals surface area contributed by atoms with Crippen molar-refractivity contribution in [3.63, 3.8) is 0 Å². The molecule has 2 saturated heterocycles. The van der Waals surface area contributed by atoms with Gasteiger partial charge < -0.3 is 24.1 Å². The molecule has 34 heavy (non-hydrogen) atoms. The Bertz CT molecular complexity index is 1180. The molecule has 2 aliphatic rings. The van der Waals surface area contributed by atoms with Gasteiger partial charge in [-0.2, -0.15) is 20.1 Å². The first-order valence-corrected chi connectivity index (χ1v) is 11.2. The van der Waals surface area contributed by atoms with Crippen LogP contribution in [-0.4, -0.2) is 71.6 Å². The molecular formula is C23H25N7O4. The van der Waals surface area contributed by atoms with E-state index >= 15 is 0 Å². The van der Waals surface area contributed by atoms with Crippen LogP contribution in [0.25, 0.3) is 11.3 Å². The van der Waals surface area contributed by atoms with Crippen molar-refractivity contribution >= 4 is 30.0 Å². The van der Waals surface area contributed by atoms with Gasteiger partial charge in [0.25, 0.3) is 0 Å². The fraction of sp³-hybridized carbons (Fsp3) is 0.348. The molecule has 0 aliphatic carbocycles. The molecule has 4 heterocycles. The normalized spacial score (nSPS) is 16.4. The zero-order valence-corrected chi connectivity index (χ0v) is 18.6. The van der Waals surface area contributed by atoms with Crippen LogP contribution in [0.4, 0.5) is 17.8 Å². The number of nitrogens with one attached hydrogen (secondary N) is 1. The summed E-state index contributed by atoms with van der Waals surface area (Å²) >= 11 is 0. The summed E-state index contributed by atoms with van der Waals surface area (Å²) in [5.41, 5.74) is 3.77. The van der Waals surface area contributed by atoms with Gasteiger partial charge >= 0.3 is 5.97 Å². The van der Waals surface area contributed by atoms with Crippen LogP contribution < -0.4 is 15.2 Å². The third kappa shape index (κ3) is 4.99. The van der Waals surface area contributed by atoms with Crippen molar-refractivity contribution in [2.75, 3.05) is 54.6 Å². The highest BCUT2D eigenvalue weighted by atomic mass is 16.5. The number of carbonyl (C=O) groups is 1. The van der Waals surface area contributed by atoms with Crippen LogP contribution in [0, 0.1) is 0 Å². The molecule has 176 valence electrons. The standard InChI is InChI=1S/C23H25N7O4/c31-20(32)17-5-3-4-16(14-17)19-7-6-18(34-19)15-24-28-21-25-22(29-8-1-2-9-29)27-23(26-21)30-10-12-33-13-11-30/h3-7,14-15H,1-2,8-13H2,(H,31,32)(H,25,26,27,28)/b24-15-. The van der Waals surface area contributed by atoms with Crippen molar-refractivity contribution in [3.8, 4) is 11.3 Å². The Kier molecular flexibility index (Phi) is 6.34. The summed E-state index contributed by atoms with van der Waals surface area (Å²) in [4.78, 5) is 29.2. The lowest BCUT2D eigenvalue weighted by molar-refractivity contribution is 0.0697. The highest BCUT2D eigenvalue weighted by Crippen LogP contribution is 2.23. The highest BCUT2D eigenvalue weighted by molar-refractivity contribution is 5.89. The Morgan fingerprint density at radius 3 is 2.47 bits per heavy atom. The number of hydrogen-bond donors (Lipinski definition) is 2. The summed E-state index contributed by atoms with van der Waals surface area (Å²) in [6.07, 6.45) is 3.77. The van der Waals surface area contributed by atoms with Crippen LogP contribution in [0.2, 0.25) is 0 Å². The summed E-state index contributed by atoms with van der Waals surface area (Å²) in [5.74, 6) is 1.68. The zero-order chi connectivity index (χ0) is 23.3. The summed E-state index contributed by atoms with van der Waals surface area (Å²) in [7, 11) is 0. The van der Waals surface area contributed by atoms with E-state index in [1.807, 2.05) is 0 Å². The molecule has 0 bridgehead atoms. The van der Waals surface area contributed by atoms with Gasteiger partial charge in [0.05, 0.1) is 25.0 Å². The molecule has 0 radical (unpaired) electrons. The monoisotopic (exact) mass is 463 g/mol. The molecule has 1 aromatic carbocycles. The third-order valence-electron chi connectivity index (χ3n) is 5.67. The maximum absolute atomic E-state index is 11.2. The van der Waals surface area contributed by atoms with Crippen molar-refractivity contribution < 1.29 is 19.1 Å². The van der Waals surface area contributed by atoms with Gasteiger partial charge in [-0.3, -0.25) is 0 Å². The summed E-state index contributed by atoms with van der Waals surface area (Å²) in [6.45, 7) is 4.58. The van der Waals surface area contributed by atoms with Crippen LogP contribution >= 0.6 is 0 Å². The molecule has 0 spiro atoms. The smallest absolute Gasteiger partial charge is 0.335 e. The van der Waals surface area contributed by atoms with Crippen molar-refractivity contribution in [3.05, 3.63) is 47.7 Å². The van der Waals surface area contributed by atoms with E-state index in [-0.39, 0.29) is 5.56 Å². The topological polar surface area (TPSA) is 129 Å². The van der Waals surface area contributed by atoms with Crippen LogP contribution in [0.1, 0.15) is 29.0 Å². The van der Waals surface area contributed by atoms with Gasteiger partial charge in [-0.15, -0.1) is 0 Å². The van der Waals surface area contributed by atoms with E-state index in [2.05, 4.69) is 35.3 Å². The SMILES string of the molecule is O=C(O)c1cccc(-c2ccc(/C=N\Nc3nc(N4CCCC4)nc(N4CCOCC4)n3)o2)c1. The van der Waals surface area contributed by atoms with Crippen molar-refractivity contribution in [2.24, 2.45) is 5.10 Å². The quantitative estimate of drug-likeness (QED) is 0.398. The number of carboxylic acid groups (broad SMARTS) is 1. The van der Waals surface area contributed by atoms with Gasteiger partial charge in [0.1, 0.15) is 11.5 Å². The van der Waals surface area contributed by atoms with Gasteiger partial charge in [0.15, 0.2) is 0 Å². The highest BCUT2D eigenvalue weighted by Gasteiger charge is 2.21. The second-order valence-corrected chi connectivity index (χ2v) is 8.01. The zero-order valence-electron chi connectivity index (χ0n) is 18.6. The number of hydrazone groups is 1. The van der Waals surface area contributed by atoms with E-state index in [4.69, 9.17) is 9.15 Å². The van der Waals surface area contributed by atoms with E-state index in [1.54, 1.807) is 30.3 Å². The summed E-state index contributed by atoms with van der Waals surface area (Å²) in [5, 5.41) is 13.4. The predicted octanol–water partition coefficient (Wildman–Crippen LogP) is 2.71. The molecule has 2 fully saturated rings. The van der Waals surface area contributed by atoms with Gasteiger partial charge in [-0.1, -0.05) is 12.1 Å². The Morgan fingerprint density at radius 2 is 1.74 bits per heavy atom. The number of aromatic nitrogens is 3. The molecule has 11 heteroatoms. The second kappa shape index (κ2) is 9.87. The number of carboxylic acids is 1. The Balaban J connectivity index is 1.32. The van der Waals surface area contributed by atoms with Gasteiger partial charge in [-0.25, -0.2) is 10.2 Å². The largest absolute Gasteiger partial charge is 0.478 e. The molecule has 2 N–H and O–H groups in total. The molecule has 5 rings (SSSR count). The number of hydrogen-bond acceptors (Lipinski definition) is 10. The average Bonchev–Trinajstić information content (AvgIpc) is 3.57. The lowest BCUT2D eigenvalue weighted by atomic mass is 10.1. The lowest BCUT2D eigenvalue weighted by Gasteiger charge is -2.27. The van der Waals surface area contributed by atoms with Crippen LogP contribution in [-0.2, 0) is 4.74 Å². The number of morpholine rings is 1. The Hall–Kier alpha value is -3.99. The molecule has 2 aromatic heterocycles. The number of nitrogens with zero attached hydrogens (tertiary/aromatic N) is 6. The maximum Gasteiger partial charge on any atom is 0.335 e. The van der Waals surface area contributed by atoms with Crippen LogP contribution in [0.3, 0.4) is 0 Å². The van der Waals surface area contributed by atoms with Crippen molar-refractivity contribution in [1.29, 1.82) is 0 Å². The van der Waals surface area contributed by atoms with Crippen molar-refractivity contribution in [1.82, 2.24) is 15.0 Å².